The van der Waals surface area contributed by atoms with Gasteiger partial charge < -0.3 is 20.3 Å². The van der Waals surface area contributed by atoms with Crippen LogP contribution in [0.15, 0.2) is 12.2 Å². The molecule has 0 radical (unpaired) electrons. The van der Waals surface area contributed by atoms with Crippen LogP contribution < -0.4 is 5.32 Å². The van der Waals surface area contributed by atoms with Crippen molar-refractivity contribution in [2.24, 2.45) is 0 Å². The fourth-order valence-corrected chi connectivity index (χ4v) is 7.61. The van der Waals surface area contributed by atoms with Gasteiger partial charge in [0.1, 0.15) is 6.10 Å². The quantitative estimate of drug-likeness (QED) is 0.0325. The van der Waals surface area contributed by atoms with E-state index in [1.54, 1.807) is 0 Å². The van der Waals surface area contributed by atoms with Crippen LogP contribution >= 0.6 is 0 Å². The van der Waals surface area contributed by atoms with E-state index in [4.69, 9.17) is 4.74 Å². The first-order valence-electron chi connectivity index (χ1n) is 24.4. The maximum Gasteiger partial charge on any atom is 0.306 e. The highest BCUT2D eigenvalue weighted by molar-refractivity contribution is 5.77. The molecule has 0 aromatic carbocycles. The zero-order valence-electron chi connectivity index (χ0n) is 37.1. The van der Waals surface area contributed by atoms with Crippen LogP contribution in [0.2, 0.25) is 0 Å². The number of rotatable bonds is 44. The number of esters is 1. The van der Waals surface area contributed by atoms with Crippen molar-refractivity contribution >= 4 is 11.9 Å². The third-order valence-corrected chi connectivity index (χ3v) is 11.3. The number of hydrogen-bond donors (Lipinski definition) is 3. The molecule has 0 aromatic heterocycles. The van der Waals surface area contributed by atoms with Gasteiger partial charge in [-0.05, 0) is 44.9 Å². The smallest absolute Gasteiger partial charge is 0.306 e. The molecule has 6 heteroatoms. The van der Waals surface area contributed by atoms with Crippen molar-refractivity contribution in [3.8, 4) is 0 Å². The molecule has 0 aliphatic rings. The topological polar surface area (TPSA) is 95.9 Å². The highest BCUT2D eigenvalue weighted by atomic mass is 16.5. The van der Waals surface area contributed by atoms with Crippen molar-refractivity contribution in [3.05, 3.63) is 12.2 Å². The Labute approximate surface area is 342 Å². The SMILES string of the molecule is CCC/C=C\CCCCCC(CC(=O)NC(CO)C(O)CCCCCCCCCCCCCC)OC(=O)CCCCCCCCCCCCCCCCCC. The highest BCUT2D eigenvalue weighted by Gasteiger charge is 2.24. The Morgan fingerprint density at radius 2 is 0.909 bits per heavy atom. The van der Waals surface area contributed by atoms with Crippen LogP contribution in [0.1, 0.15) is 265 Å². The number of allylic oxidation sites excluding steroid dienone is 2. The summed E-state index contributed by atoms with van der Waals surface area (Å²) in [5.41, 5.74) is 0. The molecular weight excluding hydrogens is 683 g/mol. The minimum absolute atomic E-state index is 0.0723. The number of ether oxygens (including phenoxy) is 1. The molecule has 6 nitrogen and oxygen atoms in total. The van der Waals surface area contributed by atoms with Crippen molar-refractivity contribution in [1.29, 1.82) is 0 Å². The molecule has 0 saturated heterocycles. The lowest BCUT2D eigenvalue weighted by Crippen LogP contribution is -2.46. The molecule has 0 aromatic rings. The second-order valence-corrected chi connectivity index (χ2v) is 16.9. The van der Waals surface area contributed by atoms with E-state index in [1.807, 2.05) is 0 Å². The number of nitrogens with one attached hydrogen (secondary N) is 1. The Balaban J connectivity index is 4.40. The van der Waals surface area contributed by atoms with E-state index in [1.165, 1.54) is 154 Å². The number of carbonyl (C=O) groups is 2. The van der Waals surface area contributed by atoms with E-state index in [2.05, 4.69) is 38.2 Å². The number of amides is 1. The second kappa shape index (κ2) is 43.7. The molecule has 0 spiro atoms. The predicted octanol–water partition coefficient (Wildman–Crippen LogP) is 14.2. The van der Waals surface area contributed by atoms with E-state index in [0.717, 1.165) is 64.2 Å². The first kappa shape index (κ1) is 53.6. The van der Waals surface area contributed by atoms with Gasteiger partial charge in [-0.1, -0.05) is 219 Å². The Morgan fingerprint density at radius 1 is 0.509 bits per heavy atom. The van der Waals surface area contributed by atoms with Crippen LogP contribution in [0.5, 0.6) is 0 Å². The van der Waals surface area contributed by atoms with Crippen molar-refractivity contribution < 1.29 is 24.5 Å². The van der Waals surface area contributed by atoms with Gasteiger partial charge >= 0.3 is 5.97 Å². The molecule has 326 valence electrons. The molecule has 3 N–H and O–H groups in total. The van der Waals surface area contributed by atoms with Crippen molar-refractivity contribution in [3.63, 3.8) is 0 Å². The normalized spacial score (nSPS) is 13.3. The molecule has 0 aliphatic carbocycles. The van der Waals surface area contributed by atoms with Crippen molar-refractivity contribution in [1.82, 2.24) is 5.32 Å². The van der Waals surface area contributed by atoms with E-state index >= 15 is 0 Å². The summed E-state index contributed by atoms with van der Waals surface area (Å²) in [6.45, 7) is 6.42. The average molecular weight is 778 g/mol. The Bertz CT molecular complexity index is 832. The summed E-state index contributed by atoms with van der Waals surface area (Å²) < 4.78 is 5.89. The van der Waals surface area contributed by atoms with E-state index in [9.17, 15) is 19.8 Å². The zero-order valence-corrected chi connectivity index (χ0v) is 37.1. The van der Waals surface area contributed by atoms with Gasteiger partial charge in [-0.25, -0.2) is 0 Å². The van der Waals surface area contributed by atoms with Crippen LogP contribution in [-0.2, 0) is 14.3 Å². The number of hydrogen-bond acceptors (Lipinski definition) is 5. The van der Waals surface area contributed by atoms with Gasteiger partial charge in [0.15, 0.2) is 0 Å². The molecule has 55 heavy (non-hydrogen) atoms. The van der Waals surface area contributed by atoms with Gasteiger partial charge in [0.05, 0.1) is 25.2 Å². The summed E-state index contributed by atoms with van der Waals surface area (Å²) in [5.74, 6) is -0.480. The minimum Gasteiger partial charge on any atom is -0.462 e. The van der Waals surface area contributed by atoms with E-state index < -0.39 is 18.2 Å². The zero-order chi connectivity index (χ0) is 40.3. The average Bonchev–Trinajstić information content (AvgIpc) is 3.18. The van der Waals surface area contributed by atoms with Crippen LogP contribution in [0.4, 0.5) is 0 Å². The predicted molar refractivity (Wildman–Crippen MR) is 237 cm³/mol. The van der Waals surface area contributed by atoms with Crippen LogP contribution in [0, 0.1) is 0 Å². The highest BCUT2D eigenvalue weighted by Crippen LogP contribution is 2.18. The lowest BCUT2D eigenvalue weighted by molar-refractivity contribution is -0.151. The number of aliphatic hydroxyl groups is 2. The van der Waals surface area contributed by atoms with Gasteiger partial charge in [0, 0.05) is 6.42 Å². The standard InChI is InChI=1S/C49H95NO5/c1-4-7-10-13-16-19-21-23-24-25-26-28-30-33-36-39-42-49(54)55-45(40-37-34-31-18-15-12-9-6-3)43-48(53)50-46(44-51)47(52)41-38-35-32-29-27-22-20-17-14-11-8-5-2/h12,15,45-47,51-52H,4-11,13-14,16-44H2,1-3H3,(H,50,53)/b15-12-. The minimum atomic E-state index is -0.784. The molecule has 3 atom stereocenters. The van der Waals surface area contributed by atoms with Crippen LogP contribution in [-0.4, -0.2) is 46.9 Å². The summed E-state index contributed by atoms with van der Waals surface area (Å²) in [6.07, 6.45) is 47.1. The summed E-state index contributed by atoms with van der Waals surface area (Å²) in [4.78, 5) is 26.0. The van der Waals surface area contributed by atoms with E-state index in [0.29, 0.717) is 19.3 Å². The number of aliphatic hydroxyl groups excluding tert-OH is 2. The molecule has 0 saturated carbocycles. The third kappa shape index (κ3) is 39.2. The lowest BCUT2D eigenvalue weighted by Gasteiger charge is -2.24. The number of unbranched alkanes of at least 4 members (excludes halogenated alkanes) is 30. The molecule has 0 rings (SSSR count). The van der Waals surface area contributed by atoms with Crippen LogP contribution in [0.3, 0.4) is 0 Å². The summed E-state index contributed by atoms with van der Waals surface area (Å²) >= 11 is 0. The molecule has 0 heterocycles. The van der Waals surface area contributed by atoms with Gasteiger partial charge in [-0.3, -0.25) is 9.59 Å². The maximum absolute atomic E-state index is 13.1. The second-order valence-electron chi connectivity index (χ2n) is 16.9. The van der Waals surface area contributed by atoms with E-state index in [-0.39, 0.29) is 24.9 Å². The first-order chi connectivity index (χ1) is 27.0. The summed E-state index contributed by atoms with van der Waals surface area (Å²) in [6, 6.07) is -0.698. The number of carbonyl (C=O) groups excluding carboxylic acids is 2. The lowest BCUT2D eigenvalue weighted by atomic mass is 10.0. The third-order valence-electron chi connectivity index (χ3n) is 11.3. The molecule has 0 fully saturated rings. The maximum atomic E-state index is 13.1. The fraction of sp³-hybridized carbons (Fsp3) is 0.918. The molecule has 3 unspecified atom stereocenters. The molecular formula is C49H95NO5. The Hall–Kier alpha value is -1.40. The van der Waals surface area contributed by atoms with Gasteiger partial charge in [0.2, 0.25) is 5.91 Å². The molecule has 1 amide bonds. The Kier molecular flexibility index (Phi) is 42.6. The van der Waals surface area contributed by atoms with Crippen LogP contribution in [0.25, 0.3) is 0 Å². The summed E-state index contributed by atoms with van der Waals surface area (Å²) in [5, 5.41) is 23.6. The fourth-order valence-electron chi connectivity index (χ4n) is 7.61. The van der Waals surface area contributed by atoms with Gasteiger partial charge in [-0.15, -0.1) is 0 Å². The monoisotopic (exact) mass is 778 g/mol. The van der Waals surface area contributed by atoms with Gasteiger partial charge in [0.25, 0.3) is 0 Å². The molecule has 0 aliphatic heterocycles. The summed E-state index contributed by atoms with van der Waals surface area (Å²) in [7, 11) is 0. The van der Waals surface area contributed by atoms with Gasteiger partial charge in [-0.2, -0.15) is 0 Å². The van der Waals surface area contributed by atoms with Crippen molar-refractivity contribution in [2.75, 3.05) is 6.61 Å². The Morgan fingerprint density at radius 3 is 1.36 bits per heavy atom. The van der Waals surface area contributed by atoms with Crippen molar-refractivity contribution in [2.45, 2.75) is 283 Å². The first-order valence-corrected chi connectivity index (χ1v) is 24.4. The molecule has 0 bridgehead atoms. The largest absolute Gasteiger partial charge is 0.462 e.